The number of rotatable bonds is 5. The summed E-state index contributed by atoms with van der Waals surface area (Å²) < 4.78 is 5.90. The topological polar surface area (TPSA) is 33.6 Å². The molecule has 0 amide bonds. The van der Waals surface area contributed by atoms with E-state index >= 15 is 0 Å². The lowest BCUT2D eigenvalue weighted by Gasteiger charge is -2.15. The highest BCUT2D eigenvalue weighted by molar-refractivity contribution is 6.06. The molecule has 27 heavy (non-hydrogen) atoms. The zero-order chi connectivity index (χ0) is 18.8. The highest BCUT2D eigenvalue weighted by Gasteiger charge is 2.16. The Morgan fingerprint density at radius 1 is 1.00 bits per heavy atom. The number of amidine groups is 1. The molecular formula is C24H26N2O. The van der Waals surface area contributed by atoms with E-state index in [1.165, 1.54) is 27.5 Å². The van der Waals surface area contributed by atoms with Gasteiger partial charge < -0.3 is 10.1 Å². The Bertz CT molecular complexity index is 1000. The Morgan fingerprint density at radius 3 is 2.59 bits per heavy atom. The smallest absolute Gasteiger partial charge is 0.132 e. The molecule has 3 nitrogen and oxygen atoms in total. The van der Waals surface area contributed by atoms with Gasteiger partial charge in [-0.2, -0.15) is 0 Å². The van der Waals surface area contributed by atoms with Crippen molar-refractivity contribution in [1.82, 2.24) is 5.32 Å². The lowest BCUT2D eigenvalue weighted by atomic mass is 9.91. The molecule has 0 aromatic heterocycles. The second-order valence-corrected chi connectivity index (χ2v) is 7.24. The van der Waals surface area contributed by atoms with Crippen molar-refractivity contribution in [2.24, 2.45) is 4.99 Å². The van der Waals surface area contributed by atoms with Crippen LogP contribution in [0.1, 0.15) is 37.8 Å². The van der Waals surface area contributed by atoms with Crippen molar-refractivity contribution in [2.75, 3.05) is 19.7 Å². The van der Waals surface area contributed by atoms with Gasteiger partial charge in [-0.25, -0.2) is 0 Å². The molecule has 4 rings (SSSR count). The van der Waals surface area contributed by atoms with Crippen LogP contribution in [0, 0.1) is 0 Å². The average Bonchev–Trinajstić information content (AvgIpc) is 3.22. The molecular weight excluding hydrogens is 332 g/mol. The maximum absolute atomic E-state index is 5.90. The van der Waals surface area contributed by atoms with E-state index < -0.39 is 0 Å². The van der Waals surface area contributed by atoms with Crippen LogP contribution in [0.5, 0.6) is 5.75 Å². The summed E-state index contributed by atoms with van der Waals surface area (Å²) in [4.78, 5) is 4.60. The van der Waals surface area contributed by atoms with Crippen molar-refractivity contribution in [3.63, 3.8) is 0 Å². The normalized spacial score (nSPS) is 13.7. The standard InChI is InChI=1S/C24H26N2O/c1-4-27-23-15-17-9-10-18(21-8-6-5-7-20(21)16(2)3)13-19(17)14-22(23)24-25-11-12-26-24/h5-10,13-16H,4,11-12H2,1-3H3,(H,25,26). The molecule has 0 aliphatic carbocycles. The molecule has 0 unspecified atom stereocenters. The van der Waals surface area contributed by atoms with E-state index in [1.54, 1.807) is 0 Å². The molecule has 1 aliphatic heterocycles. The third-order valence-corrected chi connectivity index (χ3v) is 5.06. The lowest BCUT2D eigenvalue weighted by Crippen LogP contribution is -2.20. The molecule has 0 saturated heterocycles. The fraction of sp³-hybridized carbons (Fsp3) is 0.292. The van der Waals surface area contributed by atoms with Gasteiger partial charge >= 0.3 is 0 Å². The minimum atomic E-state index is 0.491. The summed E-state index contributed by atoms with van der Waals surface area (Å²) in [7, 11) is 0. The van der Waals surface area contributed by atoms with Crippen LogP contribution in [0.3, 0.4) is 0 Å². The predicted molar refractivity (Wildman–Crippen MR) is 114 cm³/mol. The number of hydrogen-bond donors (Lipinski definition) is 1. The van der Waals surface area contributed by atoms with E-state index in [0.717, 1.165) is 30.2 Å². The minimum absolute atomic E-state index is 0.491. The molecule has 0 saturated carbocycles. The monoisotopic (exact) mass is 358 g/mol. The Balaban J connectivity index is 1.86. The van der Waals surface area contributed by atoms with E-state index in [0.29, 0.717) is 12.5 Å². The second kappa shape index (κ2) is 7.43. The third-order valence-electron chi connectivity index (χ3n) is 5.06. The number of nitrogens with zero attached hydrogens (tertiary/aromatic N) is 1. The van der Waals surface area contributed by atoms with Gasteiger partial charge in [-0.05, 0) is 58.5 Å². The number of ether oxygens (including phenoxy) is 1. The molecule has 1 heterocycles. The first kappa shape index (κ1) is 17.6. The van der Waals surface area contributed by atoms with Gasteiger partial charge in [0.1, 0.15) is 11.6 Å². The Labute approximate surface area is 161 Å². The highest BCUT2D eigenvalue weighted by atomic mass is 16.5. The van der Waals surface area contributed by atoms with Gasteiger partial charge in [0.2, 0.25) is 0 Å². The van der Waals surface area contributed by atoms with Crippen molar-refractivity contribution in [1.29, 1.82) is 0 Å². The number of aliphatic imine (C=N–C) groups is 1. The first-order valence-electron chi connectivity index (χ1n) is 9.76. The molecule has 138 valence electrons. The molecule has 0 radical (unpaired) electrons. The summed E-state index contributed by atoms with van der Waals surface area (Å²) in [6, 6.07) is 19.7. The van der Waals surface area contributed by atoms with E-state index in [2.05, 4.69) is 78.8 Å². The van der Waals surface area contributed by atoms with Crippen LogP contribution in [0.15, 0.2) is 59.6 Å². The first-order valence-corrected chi connectivity index (χ1v) is 9.76. The SMILES string of the molecule is CCOc1cc2ccc(-c3ccccc3C(C)C)cc2cc1C1=NCCN1. The van der Waals surface area contributed by atoms with Crippen molar-refractivity contribution in [2.45, 2.75) is 26.7 Å². The van der Waals surface area contributed by atoms with E-state index in [-0.39, 0.29) is 0 Å². The van der Waals surface area contributed by atoms with Crippen LogP contribution in [0.4, 0.5) is 0 Å². The van der Waals surface area contributed by atoms with Crippen LogP contribution in [-0.4, -0.2) is 25.5 Å². The summed E-state index contributed by atoms with van der Waals surface area (Å²) in [5.74, 6) is 2.33. The Morgan fingerprint density at radius 2 is 1.85 bits per heavy atom. The van der Waals surface area contributed by atoms with Gasteiger partial charge in [0.05, 0.1) is 18.7 Å². The number of hydrogen-bond acceptors (Lipinski definition) is 3. The summed E-state index contributed by atoms with van der Waals surface area (Å²) in [6.45, 7) is 8.86. The molecule has 3 aromatic carbocycles. The summed E-state index contributed by atoms with van der Waals surface area (Å²) in [5, 5.41) is 5.77. The summed E-state index contributed by atoms with van der Waals surface area (Å²) in [5.41, 5.74) is 4.99. The molecule has 0 atom stereocenters. The van der Waals surface area contributed by atoms with Gasteiger partial charge in [0.25, 0.3) is 0 Å². The fourth-order valence-corrected chi connectivity index (χ4v) is 3.75. The van der Waals surface area contributed by atoms with Crippen LogP contribution in [-0.2, 0) is 0 Å². The molecule has 0 bridgehead atoms. The average molecular weight is 358 g/mol. The fourth-order valence-electron chi connectivity index (χ4n) is 3.75. The van der Waals surface area contributed by atoms with Gasteiger partial charge in [-0.15, -0.1) is 0 Å². The Kier molecular flexibility index (Phi) is 4.85. The molecule has 0 fully saturated rings. The van der Waals surface area contributed by atoms with Crippen LogP contribution < -0.4 is 10.1 Å². The maximum atomic E-state index is 5.90. The summed E-state index contributed by atoms with van der Waals surface area (Å²) >= 11 is 0. The van der Waals surface area contributed by atoms with Gasteiger partial charge in [0.15, 0.2) is 0 Å². The quantitative estimate of drug-likeness (QED) is 0.664. The zero-order valence-corrected chi connectivity index (χ0v) is 16.3. The van der Waals surface area contributed by atoms with E-state index in [9.17, 15) is 0 Å². The molecule has 0 spiro atoms. The highest BCUT2D eigenvalue weighted by Crippen LogP contribution is 2.33. The van der Waals surface area contributed by atoms with Gasteiger partial charge in [-0.1, -0.05) is 50.2 Å². The molecule has 3 heteroatoms. The number of benzene rings is 3. The molecule has 1 aliphatic rings. The van der Waals surface area contributed by atoms with E-state index in [1.807, 2.05) is 6.92 Å². The largest absolute Gasteiger partial charge is 0.493 e. The van der Waals surface area contributed by atoms with Crippen molar-refractivity contribution < 1.29 is 4.74 Å². The molecule has 1 N–H and O–H groups in total. The van der Waals surface area contributed by atoms with E-state index in [4.69, 9.17) is 4.74 Å². The maximum Gasteiger partial charge on any atom is 0.132 e. The van der Waals surface area contributed by atoms with Crippen LogP contribution in [0.25, 0.3) is 21.9 Å². The van der Waals surface area contributed by atoms with Gasteiger partial charge in [-0.3, -0.25) is 4.99 Å². The van der Waals surface area contributed by atoms with Crippen molar-refractivity contribution >= 4 is 16.6 Å². The lowest BCUT2D eigenvalue weighted by molar-refractivity contribution is 0.340. The van der Waals surface area contributed by atoms with Gasteiger partial charge in [0, 0.05) is 6.54 Å². The number of fused-ring (bicyclic) bond motifs is 1. The first-order chi connectivity index (χ1) is 13.2. The second-order valence-electron chi connectivity index (χ2n) is 7.24. The van der Waals surface area contributed by atoms with Crippen molar-refractivity contribution in [3.05, 3.63) is 65.7 Å². The summed E-state index contributed by atoms with van der Waals surface area (Å²) in [6.07, 6.45) is 0. The molecule has 3 aromatic rings. The van der Waals surface area contributed by atoms with Crippen LogP contribution in [0.2, 0.25) is 0 Å². The van der Waals surface area contributed by atoms with Crippen LogP contribution >= 0.6 is 0 Å². The predicted octanol–water partition coefficient (Wildman–Crippen LogP) is 5.38. The number of nitrogens with one attached hydrogen (secondary N) is 1. The minimum Gasteiger partial charge on any atom is -0.493 e. The third kappa shape index (κ3) is 3.42. The zero-order valence-electron chi connectivity index (χ0n) is 16.3. The Hall–Kier alpha value is -2.81. The van der Waals surface area contributed by atoms with Crippen molar-refractivity contribution in [3.8, 4) is 16.9 Å².